The molecule has 3 heterocycles. The van der Waals surface area contributed by atoms with E-state index >= 15 is 0 Å². The summed E-state index contributed by atoms with van der Waals surface area (Å²) in [5.41, 5.74) is 4.06. The number of fused-ring (bicyclic) bond motifs is 1. The number of nitrogens with one attached hydrogen (secondary N) is 2. The van der Waals surface area contributed by atoms with Crippen LogP contribution in [0.5, 0.6) is 0 Å². The smallest absolute Gasteiger partial charge is 0.318 e. The average molecular weight is 366 g/mol. The number of rotatable bonds is 3. The van der Waals surface area contributed by atoms with E-state index in [1.165, 1.54) is 0 Å². The quantitative estimate of drug-likeness (QED) is 0.742. The highest BCUT2D eigenvalue weighted by atomic mass is 16.5. The first kappa shape index (κ1) is 17.3. The normalized spacial score (nSPS) is 14.7. The molecule has 0 saturated carbocycles. The molecule has 1 atom stereocenters. The lowest BCUT2D eigenvalue weighted by molar-refractivity contribution is 0.185. The topological polar surface area (TPSA) is 99.9 Å². The molecule has 0 aliphatic carbocycles. The van der Waals surface area contributed by atoms with Crippen LogP contribution < -0.4 is 5.32 Å². The average Bonchev–Trinajstić information content (AvgIpc) is 3.26. The Morgan fingerprint density at radius 2 is 2.19 bits per heavy atom. The molecule has 0 saturated heterocycles. The van der Waals surface area contributed by atoms with Crippen LogP contribution in [-0.2, 0) is 13.0 Å². The van der Waals surface area contributed by atoms with Gasteiger partial charge in [0, 0.05) is 18.5 Å². The van der Waals surface area contributed by atoms with E-state index in [-0.39, 0.29) is 12.1 Å². The van der Waals surface area contributed by atoms with Crippen LogP contribution >= 0.6 is 0 Å². The number of benzene rings is 1. The van der Waals surface area contributed by atoms with Gasteiger partial charge in [-0.3, -0.25) is 0 Å². The zero-order chi connectivity index (χ0) is 19.0. The Labute approximate surface area is 157 Å². The number of aromatic amines is 1. The number of carbonyl (C=O) groups is 1. The van der Waals surface area contributed by atoms with E-state index in [1.54, 1.807) is 4.90 Å². The molecule has 2 N–H and O–H groups in total. The summed E-state index contributed by atoms with van der Waals surface area (Å²) in [6.07, 6.45) is 0.750. The van der Waals surface area contributed by atoms with Gasteiger partial charge in [0.25, 0.3) is 0 Å². The number of hydrogen-bond donors (Lipinski definition) is 2. The number of aryl methyl sites for hydroxylation is 2. The summed E-state index contributed by atoms with van der Waals surface area (Å²) in [5, 5.41) is 6.97. The summed E-state index contributed by atoms with van der Waals surface area (Å²) < 4.78 is 5.36. The lowest BCUT2D eigenvalue weighted by Gasteiger charge is -2.27. The lowest BCUT2D eigenvalue weighted by atomic mass is 10.1. The van der Waals surface area contributed by atoms with Gasteiger partial charge < -0.3 is 19.7 Å². The molecule has 1 aliphatic heterocycles. The van der Waals surface area contributed by atoms with Gasteiger partial charge in [-0.15, -0.1) is 0 Å². The van der Waals surface area contributed by atoms with E-state index < -0.39 is 0 Å². The van der Waals surface area contributed by atoms with Gasteiger partial charge in [0.15, 0.2) is 0 Å². The fourth-order valence-corrected chi connectivity index (χ4v) is 3.26. The second kappa shape index (κ2) is 6.86. The molecule has 3 aromatic rings. The number of aromatic nitrogens is 4. The monoisotopic (exact) mass is 366 g/mol. The van der Waals surface area contributed by atoms with Gasteiger partial charge in [-0.25, -0.2) is 9.78 Å². The molecular weight excluding hydrogens is 344 g/mol. The standard InChI is InChI=1S/C19H22N6O2/c1-11-5-4-6-14(9-11)17-23-18(27-24-17)12(2)20-19(26)25-8-7-15-16(10-25)22-13(3)21-15/h4-6,9,12H,7-8,10H2,1-3H3,(H,20,26)(H,21,22)/t12-/m0/s1. The van der Waals surface area contributed by atoms with Gasteiger partial charge in [-0.1, -0.05) is 28.9 Å². The van der Waals surface area contributed by atoms with Crippen molar-refractivity contribution < 1.29 is 9.32 Å². The predicted molar refractivity (Wildman–Crippen MR) is 98.9 cm³/mol. The molecule has 0 bridgehead atoms. The first-order chi connectivity index (χ1) is 13.0. The van der Waals surface area contributed by atoms with E-state index in [1.807, 2.05) is 45.0 Å². The largest absolute Gasteiger partial charge is 0.344 e. The molecule has 8 heteroatoms. The highest BCUT2D eigenvalue weighted by Gasteiger charge is 2.25. The molecule has 2 amide bonds. The number of amides is 2. The maximum Gasteiger partial charge on any atom is 0.318 e. The van der Waals surface area contributed by atoms with Gasteiger partial charge in [0.1, 0.15) is 11.9 Å². The van der Waals surface area contributed by atoms with Crippen LogP contribution in [0, 0.1) is 13.8 Å². The van der Waals surface area contributed by atoms with Crippen molar-refractivity contribution in [3.63, 3.8) is 0 Å². The third kappa shape index (κ3) is 3.55. The van der Waals surface area contributed by atoms with Gasteiger partial charge >= 0.3 is 6.03 Å². The molecule has 0 unspecified atom stereocenters. The van der Waals surface area contributed by atoms with Crippen molar-refractivity contribution in [2.45, 2.75) is 39.8 Å². The number of imidazole rings is 1. The van der Waals surface area contributed by atoms with Gasteiger partial charge in [0.05, 0.1) is 17.9 Å². The van der Waals surface area contributed by atoms with Crippen molar-refractivity contribution >= 4 is 6.03 Å². The molecule has 0 radical (unpaired) electrons. The van der Waals surface area contributed by atoms with Crippen LogP contribution in [0.3, 0.4) is 0 Å². The maximum atomic E-state index is 12.6. The molecule has 27 heavy (non-hydrogen) atoms. The highest BCUT2D eigenvalue weighted by Crippen LogP contribution is 2.21. The minimum absolute atomic E-state index is 0.157. The Bertz CT molecular complexity index is 976. The Morgan fingerprint density at radius 1 is 1.33 bits per heavy atom. The molecule has 0 fully saturated rings. The Balaban J connectivity index is 1.42. The highest BCUT2D eigenvalue weighted by molar-refractivity contribution is 5.74. The first-order valence-electron chi connectivity index (χ1n) is 9.00. The van der Waals surface area contributed by atoms with Crippen molar-refractivity contribution in [2.75, 3.05) is 6.54 Å². The zero-order valence-electron chi connectivity index (χ0n) is 15.6. The van der Waals surface area contributed by atoms with Crippen molar-refractivity contribution in [2.24, 2.45) is 0 Å². The molecule has 0 spiro atoms. The van der Waals surface area contributed by atoms with Crippen LogP contribution in [0.15, 0.2) is 28.8 Å². The molecule has 8 nitrogen and oxygen atoms in total. The van der Waals surface area contributed by atoms with Crippen molar-refractivity contribution in [1.82, 2.24) is 30.3 Å². The summed E-state index contributed by atoms with van der Waals surface area (Å²) in [6.45, 7) is 6.92. The minimum Gasteiger partial charge on any atom is -0.344 e. The van der Waals surface area contributed by atoms with Crippen LogP contribution in [0.1, 0.15) is 41.6 Å². The van der Waals surface area contributed by atoms with E-state index in [2.05, 4.69) is 25.4 Å². The van der Waals surface area contributed by atoms with Crippen LogP contribution in [0.4, 0.5) is 4.79 Å². The summed E-state index contributed by atoms with van der Waals surface area (Å²) >= 11 is 0. The molecule has 1 aromatic carbocycles. The lowest BCUT2D eigenvalue weighted by Crippen LogP contribution is -2.43. The Hall–Kier alpha value is -3.16. The number of carbonyl (C=O) groups excluding carboxylic acids is 1. The van der Waals surface area contributed by atoms with Crippen LogP contribution in [0.25, 0.3) is 11.4 Å². The molecule has 4 rings (SSSR count). The summed E-state index contributed by atoms with van der Waals surface area (Å²) in [6, 6.07) is 7.36. The van der Waals surface area contributed by atoms with Gasteiger partial charge in [0.2, 0.25) is 11.7 Å². The predicted octanol–water partition coefficient (Wildman–Crippen LogP) is 2.91. The zero-order valence-corrected chi connectivity index (χ0v) is 15.6. The molecular formula is C19H22N6O2. The van der Waals surface area contributed by atoms with Gasteiger partial charge in [-0.2, -0.15) is 4.98 Å². The fourth-order valence-electron chi connectivity index (χ4n) is 3.26. The van der Waals surface area contributed by atoms with Gasteiger partial charge in [-0.05, 0) is 26.8 Å². The van der Waals surface area contributed by atoms with E-state index in [9.17, 15) is 4.79 Å². The molecule has 2 aromatic heterocycles. The molecule has 140 valence electrons. The van der Waals surface area contributed by atoms with E-state index in [0.29, 0.717) is 24.8 Å². The summed E-state index contributed by atoms with van der Waals surface area (Å²) in [4.78, 5) is 26.5. The third-order valence-corrected chi connectivity index (χ3v) is 4.67. The number of H-pyrrole nitrogens is 1. The summed E-state index contributed by atoms with van der Waals surface area (Å²) in [7, 11) is 0. The number of hydrogen-bond acceptors (Lipinski definition) is 5. The van der Waals surface area contributed by atoms with Crippen molar-refractivity contribution in [3.8, 4) is 11.4 Å². The van der Waals surface area contributed by atoms with Crippen molar-refractivity contribution in [3.05, 3.63) is 52.9 Å². The number of urea groups is 1. The SMILES string of the molecule is Cc1cccc(-c2noc([C@H](C)NC(=O)N3CCc4nc(C)[nH]c4C3)n2)c1. The Morgan fingerprint density at radius 3 is 3.00 bits per heavy atom. The molecule has 1 aliphatic rings. The van der Waals surface area contributed by atoms with E-state index in [4.69, 9.17) is 4.52 Å². The number of nitrogens with zero attached hydrogens (tertiary/aromatic N) is 4. The third-order valence-electron chi connectivity index (χ3n) is 4.67. The Kier molecular flexibility index (Phi) is 4.39. The minimum atomic E-state index is -0.381. The summed E-state index contributed by atoms with van der Waals surface area (Å²) in [5.74, 6) is 1.78. The van der Waals surface area contributed by atoms with Crippen LogP contribution in [0.2, 0.25) is 0 Å². The first-order valence-corrected chi connectivity index (χ1v) is 9.00. The maximum absolute atomic E-state index is 12.6. The second-order valence-corrected chi connectivity index (χ2v) is 6.92. The van der Waals surface area contributed by atoms with Crippen molar-refractivity contribution in [1.29, 1.82) is 0 Å². The fraction of sp³-hybridized carbons (Fsp3) is 0.368. The second-order valence-electron chi connectivity index (χ2n) is 6.92. The van der Waals surface area contributed by atoms with Crippen LogP contribution in [-0.4, -0.2) is 37.6 Å². The van der Waals surface area contributed by atoms with E-state index in [0.717, 1.165) is 34.8 Å².